The second-order valence-corrected chi connectivity index (χ2v) is 14.2. The van der Waals surface area contributed by atoms with Crippen molar-refractivity contribution in [3.8, 4) is 22.4 Å². The number of halogens is 2. The molecule has 0 bridgehead atoms. The van der Waals surface area contributed by atoms with E-state index in [1.807, 2.05) is 30.0 Å². The minimum atomic E-state index is -3.93. The Balaban J connectivity index is 1.19. The molecule has 0 aliphatic carbocycles. The molecule has 1 aromatic heterocycles. The summed E-state index contributed by atoms with van der Waals surface area (Å²) in [5.41, 5.74) is 6.76. The van der Waals surface area contributed by atoms with Gasteiger partial charge in [-0.05, 0) is 71.6 Å². The Bertz CT molecular complexity index is 2150. The van der Waals surface area contributed by atoms with E-state index >= 15 is 0 Å². The van der Waals surface area contributed by atoms with Crippen LogP contribution in [-0.2, 0) is 15.0 Å². The summed E-state index contributed by atoms with van der Waals surface area (Å²) < 4.78 is 28.0. The zero-order valence-corrected chi connectivity index (χ0v) is 28.7. The first-order valence-electron chi connectivity index (χ1n) is 15.7. The predicted molar refractivity (Wildman–Crippen MR) is 193 cm³/mol. The Morgan fingerprint density at radius 2 is 1.51 bits per heavy atom. The number of nitrogens with zero attached hydrogens (tertiary/aromatic N) is 4. The van der Waals surface area contributed by atoms with Crippen LogP contribution < -0.4 is 13.9 Å². The molecular weight excluding hydrogens is 683 g/mol. The van der Waals surface area contributed by atoms with Gasteiger partial charge in [0.05, 0.1) is 41.3 Å². The molecule has 10 nitrogen and oxygen atoms in total. The SMILES string of the molecule is CCN1CCN(c2ccc(-c3ccc(C(c4ccc(N5C=C(O)NS5(=O)=O)cc4)c4ncc(-c5ccc(Cl)cc5Cl)[nH]4)cc3)cc2)CC1=O. The number of imidazole rings is 1. The Morgan fingerprint density at radius 1 is 0.878 bits per heavy atom. The van der Waals surface area contributed by atoms with Gasteiger partial charge in [-0.2, -0.15) is 8.42 Å². The summed E-state index contributed by atoms with van der Waals surface area (Å²) in [6, 6.07) is 28.8. The van der Waals surface area contributed by atoms with E-state index in [1.165, 1.54) is 0 Å². The second kappa shape index (κ2) is 13.1. The summed E-state index contributed by atoms with van der Waals surface area (Å²) >= 11 is 12.6. The summed E-state index contributed by atoms with van der Waals surface area (Å²) in [5, 5.41) is 10.8. The lowest BCUT2D eigenvalue weighted by molar-refractivity contribution is -0.130. The number of rotatable bonds is 8. The summed E-state index contributed by atoms with van der Waals surface area (Å²) in [6.07, 6.45) is 2.85. The minimum absolute atomic E-state index is 0.145. The smallest absolute Gasteiger partial charge is 0.330 e. The molecule has 0 radical (unpaired) electrons. The molecule has 3 heterocycles. The molecule has 2 aliphatic rings. The lowest BCUT2D eigenvalue weighted by Gasteiger charge is -2.35. The topological polar surface area (TPSA) is 122 Å². The molecule has 1 saturated heterocycles. The van der Waals surface area contributed by atoms with Gasteiger partial charge in [-0.3, -0.25) is 4.79 Å². The van der Waals surface area contributed by atoms with Crippen LogP contribution in [0.25, 0.3) is 22.4 Å². The lowest BCUT2D eigenvalue weighted by Crippen LogP contribution is -2.50. The number of aromatic amines is 1. The van der Waals surface area contributed by atoms with E-state index in [0.29, 0.717) is 28.1 Å². The van der Waals surface area contributed by atoms with Gasteiger partial charge in [0.2, 0.25) is 11.8 Å². The lowest BCUT2D eigenvalue weighted by atomic mass is 9.89. The highest BCUT2D eigenvalue weighted by molar-refractivity contribution is 7.91. The number of hydrogen-bond donors (Lipinski definition) is 3. The van der Waals surface area contributed by atoms with E-state index in [4.69, 9.17) is 28.2 Å². The fourth-order valence-electron chi connectivity index (χ4n) is 6.25. The Kier molecular flexibility index (Phi) is 8.74. The highest BCUT2D eigenvalue weighted by atomic mass is 35.5. The molecule has 7 rings (SSSR count). The first kappa shape index (κ1) is 32.6. The molecule has 13 heteroatoms. The average Bonchev–Trinajstić information content (AvgIpc) is 3.68. The van der Waals surface area contributed by atoms with Crippen molar-refractivity contribution >= 4 is 50.7 Å². The molecule has 3 N–H and O–H groups in total. The number of carbonyl (C=O) groups is 1. The van der Waals surface area contributed by atoms with Gasteiger partial charge in [-0.1, -0.05) is 71.7 Å². The van der Waals surface area contributed by atoms with Gasteiger partial charge < -0.3 is 19.9 Å². The van der Waals surface area contributed by atoms with Gasteiger partial charge in [0, 0.05) is 35.9 Å². The summed E-state index contributed by atoms with van der Waals surface area (Å²) in [6.45, 7) is 4.64. The third-order valence-electron chi connectivity index (χ3n) is 8.81. The van der Waals surface area contributed by atoms with Gasteiger partial charge in [0.1, 0.15) is 5.82 Å². The number of hydrogen-bond acceptors (Lipinski definition) is 6. The number of amides is 1. The van der Waals surface area contributed by atoms with Crippen molar-refractivity contribution in [1.82, 2.24) is 19.6 Å². The molecule has 5 aromatic rings. The molecule has 0 spiro atoms. The van der Waals surface area contributed by atoms with Gasteiger partial charge in [0.25, 0.3) is 0 Å². The summed E-state index contributed by atoms with van der Waals surface area (Å²) in [5.74, 6) is 0.0100. The first-order chi connectivity index (χ1) is 23.6. The number of aliphatic hydroxyl groups is 1. The van der Waals surface area contributed by atoms with Crippen molar-refractivity contribution < 1.29 is 18.3 Å². The highest BCUT2D eigenvalue weighted by Crippen LogP contribution is 2.36. The van der Waals surface area contributed by atoms with E-state index in [2.05, 4.69) is 63.1 Å². The monoisotopic (exact) mass is 714 g/mol. The molecule has 1 amide bonds. The van der Waals surface area contributed by atoms with Gasteiger partial charge >= 0.3 is 10.2 Å². The van der Waals surface area contributed by atoms with Crippen LogP contribution in [-0.4, -0.2) is 60.5 Å². The standard InChI is InChI=1S/C36H32Cl2N6O4S/c1-2-42-17-18-43(22-34(42)46)28-12-7-24(8-13-28)23-3-5-25(6-4-23)35(36-39-20-32(40-36)30-16-11-27(37)19-31(30)38)26-9-14-29(15-10-26)44-21-33(45)41-49(44,47)48/h3-16,19-21,35,41,45H,2,17-18,22H2,1H3,(H,39,40). The van der Waals surface area contributed by atoms with E-state index in [9.17, 15) is 18.3 Å². The summed E-state index contributed by atoms with van der Waals surface area (Å²) in [7, 11) is -3.93. The number of aromatic nitrogens is 2. The largest absolute Gasteiger partial charge is 0.493 e. The third kappa shape index (κ3) is 6.57. The molecule has 1 fully saturated rings. The van der Waals surface area contributed by atoms with E-state index in [0.717, 1.165) is 69.3 Å². The third-order valence-corrected chi connectivity index (χ3v) is 10.7. The van der Waals surface area contributed by atoms with Crippen LogP contribution >= 0.6 is 23.2 Å². The number of anilines is 2. The maximum absolute atomic E-state index is 12.5. The van der Waals surface area contributed by atoms with Crippen molar-refractivity contribution in [2.45, 2.75) is 12.8 Å². The normalized spacial score (nSPS) is 16.4. The number of nitrogens with one attached hydrogen (secondary N) is 2. The van der Waals surface area contributed by atoms with Gasteiger partial charge in [-0.15, -0.1) is 0 Å². The maximum Gasteiger partial charge on any atom is 0.330 e. The Labute approximate surface area is 294 Å². The number of likely N-dealkylation sites (N-methyl/N-ethyl adjacent to an activating group) is 1. The number of H-pyrrole nitrogens is 1. The highest BCUT2D eigenvalue weighted by Gasteiger charge is 2.29. The quantitative estimate of drug-likeness (QED) is 0.161. The van der Waals surface area contributed by atoms with Crippen LogP contribution in [0.4, 0.5) is 11.4 Å². The van der Waals surface area contributed by atoms with Crippen LogP contribution in [0.3, 0.4) is 0 Å². The Morgan fingerprint density at radius 3 is 2.10 bits per heavy atom. The zero-order valence-electron chi connectivity index (χ0n) is 26.3. The minimum Gasteiger partial charge on any atom is -0.493 e. The number of benzene rings is 4. The summed E-state index contributed by atoms with van der Waals surface area (Å²) in [4.78, 5) is 24.6. The first-order valence-corrected chi connectivity index (χ1v) is 17.9. The van der Waals surface area contributed by atoms with Crippen molar-refractivity contribution in [3.63, 3.8) is 0 Å². The van der Waals surface area contributed by atoms with Crippen molar-refractivity contribution in [3.05, 3.63) is 136 Å². The van der Waals surface area contributed by atoms with Gasteiger partial charge in [-0.25, -0.2) is 14.0 Å². The number of piperazine rings is 1. The fraction of sp³-hybridized carbons (Fsp3) is 0.167. The Hall–Kier alpha value is -4.97. The van der Waals surface area contributed by atoms with Crippen molar-refractivity contribution in [2.75, 3.05) is 35.4 Å². The number of aliphatic hydroxyl groups excluding tert-OH is 1. The van der Waals surface area contributed by atoms with Crippen LogP contribution in [0, 0.1) is 0 Å². The molecule has 4 aromatic carbocycles. The number of carbonyl (C=O) groups excluding carboxylic acids is 1. The maximum atomic E-state index is 12.5. The van der Waals surface area contributed by atoms with E-state index < -0.39 is 16.1 Å². The molecule has 49 heavy (non-hydrogen) atoms. The zero-order chi connectivity index (χ0) is 34.3. The van der Waals surface area contributed by atoms with Crippen molar-refractivity contribution in [2.24, 2.45) is 0 Å². The molecule has 1 atom stereocenters. The van der Waals surface area contributed by atoms with Crippen LogP contribution in [0.5, 0.6) is 0 Å². The predicted octanol–water partition coefficient (Wildman–Crippen LogP) is 6.91. The van der Waals surface area contributed by atoms with E-state index in [-0.39, 0.29) is 11.8 Å². The van der Waals surface area contributed by atoms with Crippen LogP contribution in [0.15, 0.2) is 109 Å². The molecular formula is C36H32Cl2N6O4S. The second-order valence-electron chi connectivity index (χ2n) is 11.8. The fourth-order valence-corrected chi connectivity index (χ4v) is 7.81. The molecule has 250 valence electrons. The van der Waals surface area contributed by atoms with Crippen LogP contribution in [0.1, 0.15) is 29.8 Å². The van der Waals surface area contributed by atoms with E-state index in [1.54, 1.807) is 30.5 Å². The molecule has 0 saturated carbocycles. The molecule has 1 unspecified atom stereocenters. The van der Waals surface area contributed by atoms with Gasteiger partial charge in [0.15, 0.2) is 0 Å². The van der Waals surface area contributed by atoms with Crippen molar-refractivity contribution in [1.29, 1.82) is 0 Å². The van der Waals surface area contributed by atoms with Crippen LogP contribution in [0.2, 0.25) is 10.0 Å². The average molecular weight is 716 g/mol. The molecule has 2 aliphatic heterocycles.